The molecule has 0 radical (unpaired) electrons. The second-order valence-electron chi connectivity index (χ2n) is 2.93. The molecule has 0 saturated carbocycles. The first-order chi connectivity index (χ1) is 6.77. The van der Waals surface area contributed by atoms with Crippen LogP contribution in [0.3, 0.4) is 0 Å². The SMILES string of the molecule is NC(=S)N/N=C1\CNc2ccccc21. The van der Waals surface area contributed by atoms with Gasteiger partial charge in [-0.05, 0) is 18.3 Å². The fraction of sp³-hybridized carbons (Fsp3) is 0.111. The van der Waals surface area contributed by atoms with Crippen molar-refractivity contribution in [3.8, 4) is 0 Å². The van der Waals surface area contributed by atoms with Crippen LogP contribution in [0.5, 0.6) is 0 Å². The molecule has 1 aromatic carbocycles. The molecule has 5 heteroatoms. The van der Waals surface area contributed by atoms with Gasteiger partial charge in [0.25, 0.3) is 0 Å². The van der Waals surface area contributed by atoms with Crippen molar-refractivity contribution in [3.05, 3.63) is 29.8 Å². The lowest BCUT2D eigenvalue weighted by Gasteiger charge is -1.98. The third kappa shape index (κ3) is 1.67. The third-order valence-corrected chi connectivity index (χ3v) is 2.08. The highest BCUT2D eigenvalue weighted by Crippen LogP contribution is 2.21. The zero-order valence-corrected chi connectivity index (χ0v) is 8.27. The van der Waals surface area contributed by atoms with Gasteiger partial charge in [0.2, 0.25) is 0 Å². The van der Waals surface area contributed by atoms with E-state index in [1.54, 1.807) is 0 Å². The Morgan fingerprint density at radius 3 is 3.07 bits per heavy atom. The van der Waals surface area contributed by atoms with Crippen LogP contribution in [0.2, 0.25) is 0 Å². The number of benzene rings is 1. The number of nitrogens with two attached hydrogens (primary N) is 1. The number of fused-ring (bicyclic) bond motifs is 1. The number of hydrazone groups is 1. The van der Waals surface area contributed by atoms with Gasteiger partial charge in [-0.25, -0.2) is 0 Å². The van der Waals surface area contributed by atoms with E-state index in [-0.39, 0.29) is 5.11 Å². The van der Waals surface area contributed by atoms with Crippen LogP contribution in [0, 0.1) is 0 Å². The highest BCUT2D eigenvalue weighted by atomic mass is 32.1. The molecule has 0 bridgehead atoms. The smallest absolute Gasteiger partial charge is 0.184 e. The second kappa shape index (κ2) is 3.63. The molecular formula is C9H10N4S. The maximum absolute atomic E-state index is 5.28. The average Bonchev–Trinajstić information content (AvgIpc) is 2.58. The first kappa shape index (κ1) is 8.96. The van der Waals surface area contributed by atoms with Crippen LogP contribution in [0.25, 0.3) is 0 Å². The molecule has 4 N–H and O–H groups in total. The fourth-order valence-electron chi connectivity index (χ4n) is 1.39. The summed E-state index contributed by atoms with van der Waals surface area (Å²) < 4.78 is 0. The molecule has 1 aromatic rings. The standard InChI is InChI=1S/C9H10N4S/c10-9(14)13-12-8-5-11-7-4-2-1-3-6(7)8/h1-4,11H,5H2,(H3,10,13,14)/b12-8+. The van der Waals surface area contributed by atoms with Crippen molar-refractivity contribution in [2.45, 2.75) is 0 Å². The van der Waals surface area contributed by atoms with Gasteiger partial charge in [0.05, 0.1) is 12.3 Å². The zero-order valence-electron chi connectivity index (χ0n) is 7.45. The van der Waals surface area contributed by atoms with Crippen molar-refractivity contribution in [3.63, 3.8) is 0 Å². The van der Waals surface area contributed by atoms with E-state index in [0.29, 0.717) is 6.54 Å². The minimum absolute atomic E-state index is 0.182. The molecule has 0 aliphatic carbocycles. The van der Waals surface area contributed by atoms with Gasteiger partial charge in [-0.15, -0.1) is 0 Å². The summed E-state index contributed by atoms with van der Waals surface area (Å²) in [4.78, 5) is 0. The predicted molar refractivity (Wildman–Crippen MR) is 61.4 cm³/mol. The molecule has 1 aliphatic rings. The van der Waals surface area contributed by atoms with Gasteiger partial charge < -0.3 is 11.1 Å². The number of rotatable bonds is 1. The number of thiocarbonyl (C=S) groups is 1. The van der Waals surface area contributed by atoms with E-state index in [4.69, 9.17) is 5.73 Å². The quantitative estimate of drug-likeness (QED) is 0.466. The van der Waals surface area contributed by atoms with Crippen LogP contribution in [-0.4, -0.2) is 17.4 Å². The summed E-state index contributed by atoms with van der Waals surface area (Å²) in [5.41, 5.74) is 11.0. The summed E-state index contributed by atoms with van der Waals surface area (Å²) in [7, 11) is 0. The molecular weight excluding hydrogens is 196 g/mol. The van der Waals surface area contributed by atoms with Crippen LogP contribution in [-0.2, 0) is 0 Å². The van der Waals surface area contributed by atoms with Gasteiger partial charge in [-0.3, -0.25) is 5.43 Å². The minimum Gasteiger partial charge on any atom is -0.379 e. The monoisotopic (exact) mass is 206 g/mol. The summed E-state index contributed by atoms with van der Waals surface area (Å²) in [6.07, 6.45) is 0. The zero-order chi connectivity index (χ0) is 9.97. The van der Waals surface area contributed by atoms with E-state index in [2.05, 4.69) is 28.1 Å². The van der Waals surface area contributed by atoms with E-state index in [1.165, 1.54) is 0 Å². The lowest BCUT2D eigenvalue weighted by Crippen LogP contribution is -2.26. The Bertz CT molecular complexity index is 400. The molecule has 0 amide bonds. The topological polar surface area (TPSA) is 62.4 Å². The Labute approximate surface area is 87.2 Å². The molecule has 0 unspecified atom stereocenters. The van der Waals surface area contributed by atoms with Gasteiger partial charge in [-0.1, -0.05) is 18.2 Å². The van der Waals surface area contributed by atoms with Gasteiger partial charge in [0.15, 0.2) is 5.11 Å². The van der Waals surface area contributed by atoms with Crippen molar-refractivity contribution in [1.82, 2.24) is 5.43 Å². The molecule has 1 heterocycles. The number of nitrogens with zero attached hydrogens (tertiary/aromatic N) is 1. The summed E-state index contributed by atoms with van der Waals surface area (Å²) in [6.45, 7) is 0.703. The summed E-state index contributed by atoms with van der Waals surface area (Å²) >= 11 is 4.67. The van der Waals surface area contributed by atoms with Crippen LogP contribution >= 0.6 is 12.2 Å². The van der Waals surface area contributed by atoms with Gasteiger partial charge in [0.1, 0.15) is 0 Å². The summed E-state index contributed by atoms with van der Waals surface area (Å²) in [6, 6.07) is 7.98. The molecule has 0 aromatic heterocycles. The molecule has 14 heavy (non-hydrogen) atoms. The lowest BCUT2D eigenvalue weighted by atomic mass is 10.1. The van der Waals surface area contributed by atoms with Crippen molar-refractivity contribution >= 4 is 28.7 Å². The average molecular weight is 206 g/mol. The first-order valence-electron chi connectivity index (χ1n) is 4.22. The molecule has 0 saturated heterocycles. The normalized spacial score (nSPS) is 16.1. The third-order valence-electron chi connectivity index (χ3n) is 1.99. The van der Waals surface area contributed by atoms with Crippen molar-refractivity contribution in [2.75, 3.05) is 11.9 Å². The summed E-state index contributed by atoms with van der Waals surface area (Å²) in [5, 5.41) is 7.50. The Kier molecular flexibility index (Phi) is 2.32. The molecule has 2 rings (SSSR count). The molecule has 0 spiro atoms. The van der Waals surface area contributed by atoms with Crippen LogP contribution in [0.15, 0.2) is 29.4 Å². The van der Waals surface area contributed by atoms with E-state index < -0.39 is 0 Å². The van der Waals surface area contributed by atoms with Crippen LogP contribution < -0.4 is 16.5 Å². The van der Waals surface area contributed by atoms with Gasteiger partial charge in [0, 0.05) is 11.3 Å². The Morgan fingerprint density at radius 2 is 2.29 bits per heavy atom. The van der Waals surface area contributed by atoms with E-state index >= 15 is 0 Å². The van der Waals surface area contributed by atoms with Gasteiger partial charge in [-0.2, -0.15) is 5.10 Å². The second-order valence-corrected chi connectivity index (χ2v) is 3.37. The highest BCUT2D eigenvalue weighted by Gasteiger charge is 2.15. The summed E-state index contributed by atoms with van der Waals surface area (Å²) in [5.74, 6) is 0. The van der Waals surface area contributed by atoms with Crippen molar-refractivity contribution < 1.29 is 0 Å². The number of para-hydroxylation sites is 1. The molecule has 0 fully saturated rings. The number of nitrogens with one attached hydrogen (secondary N) is 2. The minimum atomic E-state index is 0.182. The maximum Gasteiger partial charge on any atom is 0.184 e. The Hall–Kier alpha value is -1.62. The molecule has 0 atom stereocenters. The highest BCUT2D eigenvalue weighted by molar-refractivity contribution is 7.80. The predicted octanol–water partition coefficient (Wildman–Crippen LogP) is 0.649. The number of hydrogen-bond acceptors (Lipinski definition) is 3. The lowest BCUT2D eigenvalue weighted by molar-refractivity contribution is 1.03. The van der Waals surface area contributed by atoms with Crippen molar-refractivity contribution in [1.29, 1.82) is 0 Å². The van der Waals surface area contributed by atoms with E-state index in [0.717, 1.165) is 17.0 Å². The largest absolute Gasteiger partial charge is 0.379 e. The van der Waals surface area contributed by atoms with Crippen LogP contribution in [0.4, 0.5) is 5.69 Å². The molecule has 1 aliphatic heterocycles. The van der Waals surface area contributed by atoms with E-state index in [9.17, 15) is 0 Å². The fourth-order valence-corrected chi connectivity index (χ4v) is 1.43. The molecule has 4 nitrogen and oxygen atoms in total. The van der Waals surface area contributed by atoms with Crippen LogP contribution in [0.1, 0.15) is 5.56 Å². The maximum atomic E-state index is 5.28. The Morgan fingerprint density at radius 1 is 1.50 bits per heavy atom. The van der Waals surface area contributed by atoms with Gasteiger partial charge >= 0.3 is 0 Å². The van der Waals surface area contributed by atoms with E-state index in [1.807, 2.05) is 24.3 Å². The number of anilines is 1. The van der Waals surface area contributed by atoms with Crippen molar-refractivity contribution in [2.24, 2.45) is 10.8 Å². The Balaban J connectivity index is 2.26. The number of hydrogen-bond donors (Lipinski definition) is 3. The molecule has 72 valence electrons. The first-order valence-corrected chi connectivity index (χ1v) is 4.63.